The van der Waals surface area contributed by atoms with Crippen LogP contribution in [0.15, 0.2) is 82.3 Å². The monoisotopic (exact) mass is 379 g/mol. The van der Waals surface area contributed by atoms with Gasteiger partial charge in [-0.05, 0) is 53.6 Å². The second kappa shape index (κ2) is 6.87. The molecule has 0 saturated heterocycles. The van der Waals surface area contributed by atoms with Crippen LogP contribution in [0.25, 0.3) is 33.5 Å². The number of phenolic OH excluding ortho intramolecular Hbond substituents is 1. The van der Waals surface area contributed by atoms with Crippen LogP contribution in [0.1, 0.15) is 11.1 Å². The van der Waals surface area contributed by atoms with Crippen molar-refractivity contribution in [2.24, 2.45) is 4.99 Å². The number of oxazole rings is 1. The predicted molar refractivity (Wildman–Crippen MR) is 115 cm³/mol. The van der Waals surface area contributed by atoms with Gasteiger partial charge in [-0.25, -0.2) is 4.98 Å². The summed E-state index contributed by atoms with van der Waals surface area (Å²) in [6, 6.07) is 21.0. The first kappa shape index (κ1) is 17.1. The molecule has 2 heterocycles. The third kappa shape index (κ3) is 3.12. The Morgan fingerprint density at radius 3 is 2.79 bits per heavy atom. The van der Waals surface area contributed by atoms with E-state index < -0.39 is 0 Å². The molecule has 0 aliphatic rings. The van der Waals surface area contributed by atoms with Gasteiger partial charge in [0.25, 0.3) is 0 Å². The zero-order valence-electron chi connectivity index (χ0n) is 15.7. The lowest BCUT2D eigenvalue weighted by Gasteiger charge is -2.06. The van der Waals surface area contributed by atoms with Gasteiger partial charge in [0.2, 0.25) is 5.89 Å². The van der Waals surface area contributed by atoms with Gasteiger partial charge in [0, 0.05) is 23.5 Å². The summed E-state index contributed by atoms with van der Waals surface area (Å²) in [4.78, 5) is 13.3. The van der Waals surface area contributed by atoms with Crippen LogP contribution in [0.4, 0.5) is 5.69 Å². The first-order valence-corrected chi connectivity index (χ1v) is 9.26. The number of hydrogen-bond acceptors (Lipinski definition) is 5. The van der Waals surface area contributed by atoms with Gasteiger partial charge in [0.15, 0.2) is 11.2 Å². The van der Waals surface area contributed by atoms with E-state index >= 15 is 0 Å². The van der Waals surface area contributed by atoms with Crippen LogP contribution < -0.4 is 0 Å². The summed E-state index contributed by atoms with van der Waals surface area (Å²) < 4.78 is 5.82. The van der Waals surface area contributed by atoms with Crippen molar-refractivity contribution in [2.75, 3.05) is 0 Å². The molecule has 2 aromatic heterocycles. The quantitative estimate of drug-likeness (QED) is 0.402. The number of phenols is 1. The zero-order chi connectivity index (χ0) is 19.8. The molecule has 5 nitrogen and oxygen atoms in total. The molecular weight excluding hydrogens is 362 g/mol. The van der Waals surface area contributed by atoms with Gasteiger partial charge in [-0.3, -0.25) is 4.99 Å². The zero-order valence-corrected chi connectivity index (χ0v) is 15.7. The summed E-state index contributed by atoms with van der Waals surface area (Å²) in [6.07, 6.45) is 3.40. The van der Waals surface area contributed by atoms with Crippen molar-refractivity contribution in [3.63, 3.8) is 0 Å². The molecule has 0 aliphatic carbocycles. The topological polar surface area (TPSA) is 71.5 Å². The van der Waals surface area contributed by atoms with E-state index in [0.717, 1.165) is 27.6 Å². The van der Waals surface area contributed by atoms with Crippen LogP contribution in [0, 0.1) is 6.92 Å². The van der Waals surface area contributed by atoms with E-state index in [0.29, 0.717) is 22.7 Å². The van der Waals surface area contributed by atoms with Gasteiger partial charge in [-0.2, -0.15) is 4.98 Å². The summed E-state index contributed by atoms with van der Waals surface area (Å²) in [5, 5.41) is 12.4. The van der Waals surface area contributed by atoms with Crippen LogP contribution in [-0.2, 0) is 0 Å². The molecule has 1 N–H and O–H groups in total. The summed E-state index contributed by atoms with van der Waals surface area (Å²) in [5.41, 5.74) is 4.54. The van der Waals surface area contributed by atoms with E-state index in [4.69, 9.17) is 4.42 Å². The SMILES string of the molecule is Cc1ccc(-c2nc3ncccc3o2)cc1N=Cc1c(O)ccc2ccccc12. The van der Waals surface area contributed by atoms with Gasteiger partial charge in [0.1, 0.15) is 5.75 Å². The third-order valence-corrected chi connectivity index (χ3v) is 4.90. The van der Waals surface area contributed by atoms with Crippen LogP contribution in [0.3, 0.4) is 0 Å². The molecule has 0 unspecified atom stereocenters. The van der Waals surface area contributed by atoms with E-state index in [9.17, 15) is 5.11 Å². The minimum absolute atomic E-state index is 0.200. The number of rotatable bonds is 3. The molecule has 0 fully saturated rings. The summed E-state index contributed by atoms with van der Waals surface area (Å²) in [5.74, 6) is 0.703. The van der Waals surface area contributed by atoms with Crippen LogP contribution >= 0.6 is 0 Å². The largest absolute Gasteiger partial charge is 0.507 e. The molecule has 29 heavy (non-hydrogen) atoms. The average molecular weight is 379 g/mol. The van der Waals surface area contributed by atoms with E-state index in [1.807, 2.05) is 67.6 Å². The van der Waals surface area contributed by atoms with Gasteiger partial charge >= 0.3 is 0 Å². The minimum atomic E-state index is 0.200. The molecule has 0 saturated carbocycles. The molecule has 0 amide bonds. The molecule has 140 valence electrons. The van der Waals surface area contributed by atoms with E-state index in [1.165, 1.54) is 0 Å². The van der Waals surface area contributed by atoms with E-state index in [1.54, 1.807) is 18.5 Å². The predicted octanol–water partition coefficient (Wildman–Crippen LogP) is 5.81. The molecule has 0 aliphatic heterocycles. The Hall–Kier alpha value is -3.99. The lowest BCUT2D eigenvalue weighted by molar-refractivity contribution is 0.475. The number of pyridine rings is 1. The molecule has 0 radical (unpaired) electrons. The fourth-order valence-corrected chi connectivity index (χ4v) is 3.33. The fourth-order valence-electron chi connectivity index (χ4n) is 3.33. The van der Waals surface area contributed by atoms with Crippen molar-refractivity contribution in [3.05, 3.63) is 84.1 Å². The molecule has 3 aromatic carbocycles. The smallest absolute Gasteiger partial charge is 0.228 e. The average Bonchev–Trinajstić information content (AvgIpc) is 3.18. The van der Waals surface area contributed by atoms with Crippen molar-refractivity contribution in [3.8, 4) is 17.2 Å². The summed E-state index contributed by atoms with van der Waals surface area (Å²) in [6.45, 7) is 1.99. The van der Waals surface area contributed by atoms with Crippen molar-refractivity contribution >= 4 is 33.9 Å². The molecule has 0 atom stereocenters. The fraction of sp³-hybridized carbons (Fsp3) is 0.0417. The highest BCUT2D eigenvalue weighted by Gasteiger charge is 2.10. The Morgan fingerprint density at radius 2 is 1.90 bits per heavy atom. The first-order valence-electron chi connectivity index (χ1n) is 9.26. The molecule has 0 spiro atoms. The number of hydrogen-bond donors (Lipinski definition) is 1. The Balaban J connectivity index is 1.57. The van der Waals surface area contributed by atoms with Gasteiger partial charge < -0.3 is 9.52 Å². The molecule has 0 bridgehead atoms. The van der Waals surface area contributed by atoms with Crippen molar-refractivity contribution < 1.29 is 9.52 Å². The van der Waals surface area contributed by atoms with Crippen molar-refractivity contribution in [2.45, 2.75) is 6.92 Å². The number of aliphatic imine (C=N–C) groups is 1. The maximum Gasteiger partial charge on any atom is 0.228 e. The van der Waals surface area contributed by atoms with Crippen LogP contribution in [0.5, 0.6) is 5.75 Å². The number of aryl methyl sites for hydroxylation is 1. The molecule has 5 aromatic rings. The highest BCUT2D eigenvalue weighted by atomic mass is 16.3. The normalized spacial score (nSPS) is 11.6. The minimum Gasteiger partial charge on any atom is -0.507 e. The lowest BCUT2D eigenvalue weighted by atomic mass is 10.0. The number of aromatic hydroxyl groups is 1. The second-order valence-corrected chi connectivity index (χ2v) is 6.82. The van der Waals surface area contributed by atoms with Crippen molar-refractivity contribution in [1.82, 2.24) is 9.97 Å². The number of benzene rings is 3. The second-order valence-electron chi connectivity index (χ2n) is 6.82. The van der Waals surface area contributed by atoms with E-state index in [-0.39, 0.29) is 5.75 Å². The standard InChI is InChI=1S/C24H17N3O2/c1-15-8-9-17(24-27-23-22(29-24)7-4-12-25-23)13-20(15)26-14-19-18-6-3-2-5-16(18)10-11-21(19)28/h2-14,28H,1H3. The van der Waals surface area contributed by atoms with Crippen molar-refractivity contribution in [1.29, 1.82) is 0 Å². The van der Waals surface area contributed by atoms with E-state index in [2.05, 4.69) is 15.0 Å². The molecule has 5 rings (SSSR count). The lowest BCUT2D eigenvalue weighted by Crippen LogP contribution is -1.87. The maximum atomic E-state index is 10.3. The van der Waals surface area contributed by atoms with Gasteiger partial charge in [-0.1, -0.05) is 36.4 Å². The summed E-state index contributed by atoms with van der Waals surface area (Å²) >= 11 is 0. The Kier molecular flexibility index (Phi) is 4.06. The third-order valence-electron chi connectivity index (χ3n) is 4.90. The highest BCUT2D eigenvalue weighted by Crippen LogP contribution is 2.30. The first-order chi connectivity index (χ1) is 14.2. The molecule has 5 heteroatoms. The number of nitrogens with zero attached hydrogens (tertiary/aromatic N) is 3. The van der Waals surface area contributed by atoms with Gasteiger partial charge in [0.05, 0.1) is 5.69 Å². The Labute approximate surface area is 167 Å². The Bertz CT molecular complexity index is 1350. The van der Waals surface area contributed by atoms with Gasteiger partial charge in [-0.15, -0.1) is 0 Å². The maximum absolute atomic E-state index is 10.3. The highest BCUT2D eigenvalue weighted by molar-refractivity contribution is 6.03. The number of aromatic nitrogens is 2. The Morgan fingerprint density at radius 1 is 1.00 bits per heavy atom. The van der Waals surface area contributed by atoms with Crippen LogP contribution in [0.2, 0.25) is 0 Å². The summed E-state index contributed by atoms with van der Waals surface area (Å²) in [7, 11) is 0. The number of fused-ring (bicyclic) bond motifs is 2. The van der Waals surface area contributed by atoms with Crippen LogP contribution in [-0.4, -0.2) is 21.3 Å². The molecular formula is C24H17N3O2.